The number of fused-ring (bicyclic) bond motifs is 1. The van der Waals surface area contributed by atoms with Crippen LogP contribution in [0, 0.1) is 6.92 Å². The van der Waals surface area contributed by atoms with E-state index in [0.29, 0.717) is 6.61 Å². The normalized spacial score (nSPS) is 11.1. The number of nitrogens with zero attached hydrogens (tertiary/aromatic N) is 1. The fourth-order valence-electron chi connectivity index (χ4n) is 3.37. The van der Waals surface area contributed by atoms with Crippen LogP contribution >= 0.6 is 0 Å². The first-order chi connectivity index (χ1) is 14.3. The van der Waals surface area contributed by atoms with Crippen LogP contribution in [0.2, 0.25) is 0 Å². The fourth-order valence-corrected chi connectivity index (χ4v) is 3.37. The first-order valence-electron chi connectivity index (χ1n) is 10.2. The summed E-state index contributed by atoms with van der Waals surface area (Å²) < 4.78 is 5.91. The minimum Gasteiger partial charge on any atom is -0.489 e. The molecule has 0 saturated carbocycles. The van der Waals surface area contributed by atoms with Gasteiger partial charge < -0.3 is 15.0 Å². The summed E-state index contributed by atoms with van der Waals surface area (Å²) >= 11 is 0. The molecule has 0 aliphatic carbocycles. The van der Waals surface area contributed by atoms with E-state index in [4.69, 9.17) is 4.74 Å². The van der Waals surface area contributed by atoms with E-state index in [1.54, 1.807) is 0 Å². The molecule has 3 aromatic carbocycles. The molecule has 4 rings (SSSR count). The van der Waals surface area contributed by atoms with Crippen LogP contribution in [0.15, 0.2) is 72.8 Å². The number of hydrogen-bond acceptors (Lipinski definition) is 3. The summed E-state index contributed by atoms with van der Waals surface area (Å²) in [4.78, 5) is 8.01. The van der Waals surface area contributed by atoms with Gasteiger partial charge in [0.2, 0.25) is 0 Å². The Balaban J connectivity index is 1.18. The van der Waals surface area contributed by atoms with E-state index in [1.807, 2.05) is 30.3 Å². The number of aryl methyl sites for hydroxylation is 2. The lowest BCUT2D eigenvalue weighted by Crippen LogP contribution is -2.15. The minimum atomic E-state index is 0.603. The standard InChI is InChI=1S/C25H27N3O/c1-19-7-2-3-8-21(19)18-29-22-14-12-20(13-15-22)17-26-16-6-11-25-27-23-9-4-5-10-24(23)28-25/h2-5,7-10,12-15,26H,6,11,16-18H2,1H3,(H,27,28). The third-order valence-corrected chi connectivity index (χ3v) is 5.11. The van der Waals surface area contributed by atoms with Gasteiger partial charge in [-0.15, -0.1) is 0 Å². The maximum Gasteiger partial charge on any atom is 0.119 e. The van der Waals surface area contributed by atoms with Crippen LogP contribution in [-0.2, 0) is 19.6 Å². The van der Waals surface area contributed by atoms with Crippen LogP contribution in [0.5, 0.6) is 5.75 Å². The molecule has 0 atom stereocenters. The highest BCUT2D eigenvalue weighted by molar-refractivity contribution is 5.74. The van der Waals surface area contributed by atoms with Crippen molar-refractivity contribution in [2.45, 2.75) is 32.9 Å². The van der Waals surface area contributed by atoms with Gasteiger partial charge in [0.15, 0.2) is 0 Å². The van der Waals surface area contributed by atoms with Crippen LogP contribution in [0.1, 0.15) is 28.9 Å². The van der Waals surface area contributed by atoms with Gasteiger partial charge in [0.25, 0.3) is 0 Å². The highest BCUT2D eigenvalue weighted by Gasteiger charge is 2.02. The lowest BCUT2D eigenvalue weighted by Gasteiger charge is -2.10. The number of aromatic nitrogens is 2. The van der Waals surface area contributed by atoms with Crippen molar-refractivity contribution in [3.05, 3.63) is 95.3 Å². The Morgan fingerprint density at radius 1 is 0.931 bits per heavy atom. The number of ether oxygens (including phenoxy) is 1. The number of nitrogens with one attached hydrogen (secondary N) is 2. The Labute approximate surface area is 172 Å². The second-order valence-electron chi connectivity index (χ2n) is 7.34. The summed E-state index contributed by atoms with van der Waals surface area (Å²) in [5.41, 5.74) is 5.90. The fraction of sp³-hybridized carbons (Fsp3) is 0.240. The van der Waals surface area contributed by atoms with Gasteiger partial charge >= 0.3 is 0 Å². The lowest BCUT2D eigenvalue weighted by atomic mass is 10.1. The van der Waals surface area contributed by atoms with Crippen molar-refractivity contribution in [1.29, 1.82) is 0 Å². The van der Waals surface area contributed by atoms with E-state index in [0.717, 1.165) is 48.5 Å². The predicted molar refractivity (Wildman–Crippen MR) is 118 cm³/mol. The molecule has 4 nitrogen and oxygen atoms in total. The smallest absolute Gasteiger partial charge is 0.119 e. The van der Waals surface area contributed by atoms with E-state index in [9.17, 15) is 0 Å². The lowest BCUT2D eigenvalue weighted by molar-refractivity contribution is 0.305. The van der Waals surface area contributed by atoms with Gasteiger partial charge in [-0.1, -0.05) is 48.5 Å². The molecule has 0 spiro atoms. The molecule has 0 saturated heterocycles. The monoisotopic (exact) mass is 385 g/mol. The van der Waals surface area contributed by atoms with Gasteiger partial charge in [0, 0.05) is 13.0 Å². The van der Waals surface area contributed by atoms with Gasteiger partial charge in [-0.3, -0.25) is 0 Å². The molecule has 1 aromatic heterocycles. The molecular weight excluding hydrogens is 358 g/mol. The number of imidazole rings is 1. The third-order valence-electron chi connectivity index (χ3n) is 5.11. The van der Waals surface area contributed by atoms with E-state index in [1.165, 1.54) is 16.7 Å². The maximum absolute atomic E-state index is 5.91. The summed E-state index contributed by atoms with van der Waals surface area (Å²) in [5, 5.41) is 3.51. The summed E-state index contributed by atoms with van der Waals surface area (Å²) in [7, 11) is 0. The highest BCUT2D eigenvalue weighted by atomic mass is 16.5. The first-order valence-corrected chi connectivity index (χ1v) is 10.2. The van der Waals surface area contributed by atoms with Crippen molar-refractivity contribution < 1.29 is 4.74 Å². The Morgan fingerprint density at radius 2 is 1.72 bits per heavy atom. The van der Waals surface area contributed by atoms with Crippen molar-refractivity contribution in [3.8, 4) is 5.75 Å². The topological polar surface area (TPSA) is 49.9 Å². The van der Waals surface area contributed by atoms with Crippen LogP contribution in [-0.4, -0.2) is 16.5 Å². The van der Waals surface area contributed by atoms with Crippen LogP contribution in [0.4, 0.5) is 0 Å². The average Bonchev–Trinajstić information content (AvgIpc) is 3.17. The Kier molecular flexibility index (Phi) is 6.22. The number of hydrogen-bond donors (Lipinski definition) is 2. The molecule has 0 bridgehead atoms. The second-order valence-corrected chi connectivity index (χ2v) is 7.34. The molecule has 0 unspecified atom stereocenters. The summed E-state index contributed by atoms with van der Waals surface area (Å²) in [6, 6.07) is 24.8. The van der Waals surface area contributed by atoms with Gasteiger partial charge in [0.1, 0.15) is 18.2 Å². The van der Waals surface area contributed by atoms with Crippen molar-refractivity contribution in [2.75, 3.05) is 6.54 Å². The van der Waals surface area contributed by atoms with Crippen molar-refractivity contribution >= 4 is 11.0 Å². The third kappa shape index (κ3) is 5.24. The zero-order valence-electron chi connectivity index (χ0n) is 16.8. The van der Waals surface area contributed by atoms with Crippen molar-refractivity contribution in [3.63, 3.8) is 0 Å². The largest absolute Gasteiger partial charge is 0.489 e. The van der Waals surface area contributed by atoms with Crippen LogP contribution in [0.3, 0.4) is 0 Å². The Morgan fingerprint density at radius 3 is 2.55 bits per heavy atom. The van der Waals surface area contributed by atoms with Gasteiger partial charge in [-0.25, -0.2) is 4.98 Å². The molecule has 1 heterocycles. The highest BCUT2D eigenvalue weighted by Crippen LogP contribution is 2.16. The number of aromatic amines is 1. The van der Waals surface area contributed by atoms with E-state index >= 15 is 0 Å². The molecule has 29 heavy (non-hydrogen) atoms. The Hall–Kier alpha value is -3.11. The van der Waals surface area contributed by atoms with Gasteiger partial charge in [-0.05, 0) is 60.8 Å². The van der Waals surface area contributed by atoms with E-state index in [2.05, 4.69) is 64.7 Å². The van der Waals surface area contributed by atoms with Crippen LogP contribution < -0.4 is 10.1 Å². The zero-order valence-corrected chi connectivity index (χ0v) is 16.8. The minimum absolute atomic E-state index is 0.603. The van der Waals surface area contributed by atoms with Gasteiger partial charge in [0.05, 0.1) is 11.0 Å². The van der Waals surface area contributed by atoms with Gasteiger partial charge in [-0.2, -0.15) is 0 Å². The average molecular weight is 386 g/mol. The zero-order chi connectivity index (χ0) is 19.9. The molecule has 4 aromatic rings. The van der Waals surface area contributed by atoms with Crippen molar-refractivity contribution in [2.24, 2.45) is 0 Å². The second kappa shape index (κ2) is 9.39. The van der Waals surface area contributed by atoms with Crippen LogP contribution in [0.25, 0.3) is 11.0 Å². The number of H-pyrrole nitrogens is 1. The molecule has 2 N–H and O–H groups in total. The molecular formula is C25H27N3O. The van der Waals surface area contributed by atoms with E-state index < -0.39 is 0 Å². The molecule has 148 valence electrons. The predicted octanol–water partition coefficient (Wildman–Crippen LogP) is 5.17. The molecule has 0 radical (unpaired) electrons. The van der Waals surface area contributed by atoms with E-state index in [-0.39, 0.29) is 0 Å². The maximum atomic E-state index is 5.91. The molecule has 0 fully saturated rings. The number of para-hydroxylation sites is 2. The van der Waals surface area contributed by atoms with Crippen molar-refractivity contribution in [1.82, 2.24) is 15.3 Å². The number of rotatable bonds is 9. The quantitative estimate of drug-likeness (QED) is 0.391. The SMILES string of the molecule is Cc1ccccc1COc1ccc(CNCCCc2nc3ccccc3[nH]2)cc1. The summed E-state index contributed by atoms with van der Waals surface area (Å²) in [5.74, 6) is 1.96. The molecule has 0 aliphatic heterocycles. The molecule has 0 aliphatic rings. The summed E-state index contributed by atoms with van der Waals surface area (Å²) in [6.45, 7) is 4.54. The summed E-state index contributed by atoms with van der Waals surface area (Å²) in [6.07, 6.45) is 2.00. The Bertz CT molecular complexity index is 1020. The molecule has 4 heteroatoms. The number of benzene rings is 3. The molecule has 0 amide bonds. The first kappa shape index (κ1) is 19.2.